The van der Waals surface area contributed by atoms with Gasteiger partial charge in [-0.25, -0.2) is 4.79 Å². The predicted octanol–water partition coefficient (Wildman–Crippen LogP) is 1.38. The van der Waals surface area contributed by atoms with Gasteiger partial charge in [-0.05, 0) is 24.1 Å². The van der Waals surface area contributed by atoms with Gasteiger partial charge in [-0.3, -0.25) is 14.9 Å². The Kier molecular flexibility index (Phi) is 6.29. The van der Waals surface area contributed by atoms with Crippen LogP contribution in [0.2, 0.25) is 0 Å². The fraction of sp³-hybridized carbons (Fsp3) is 0.500. The first-order valence-electron chi connectivity index (χ1n) is 7.86. The topological polar surface area (TPSA) is 128 Å². The number of aliphatic hydroxyl groups is 1. The molecule has 9 nitrogen and oxygen atoms in total. The van der Waals surface area contributed by atoms with E-state index >= 15 is 0 Å². The number of nitrogens with one attached hydrogen (secondary N) is 1. The molecule has 1 heterocycles. The molecule has 0 aliphatic carbocycles. The van der Waals surface area contributed by atoms with Gasteiger partial charge in [0, 0.05) is 30.7 Å². The number of ether oxygens (including phenoxy) is 2. The highest BCUT2D eigenvalue weighted by Gasteiger charge is 2.41. The molecule has 25 heavy (non-hydrogen) atoms. The van der Waals surface area contributed by atoms with Crippen molar-refractivity contribution in [1.82, 2.24) is 5.32 Å². The molecule has 136 valence electrons. The zero-order chi connectivity index (χ0) is 18.4. The molecule has 9 heteroatoms. The number of carbonyl (C=O) groups is 2. The van der Waals surface area contributed by atoms with Crippen LogP contribution in [0.25, 0.3) is 0 Å². The Morgan fingerprint density at radius 1 is 1.36 bits per heavy atom. The lowest BCUT2D eigenvalue weighted by molar-refractivity contribution is -0.384. The summed E-state index contributed by atoms with van der Waals surface area (Å²) in [5.41, 5.74) is 0.550. The van der Waals surface area contributed by atoms with Crippen molar-refractivity contribution in [1.29, 1.82) is 0 Å². The van der Waals surface area contributed by atoms with Gasteiger partial charge in [0.05, 0.1) is 17.4 Å². The van der Waals surface area contributed by atoms with Gasteiger partial charge in [0.2, 0.25) is 5.91 Å². The summed E-state index contributed by atoms with van der Waals surface area (Å²) in [7, 11) is 0. The molecule has 1 unspecified atom stereocenters. The summed E-state index contributed by atoms with van der Waals surface area (Å²) >= 11 is 0. The Hall–Kier alpha value is -2.68. The number of nitro benzene ring substituents is 1. The molecule has 1 aromatic rings. The lowest BCUT2D eigenvalue weighted by atomic mass is 9.80. The zero-order valence-corrected chi connectivity index (χ0v) is 13.7. The van der Waals surface area contributed by atoms with E-state index in [-0.39, 0.29) is 49.3 Å². The summed E-state index contributed by atoms with van der Waals surface area (Å²) in [6.45, 7) is 1.77. The summed E-state index contributed by atoms with van der Waals surface area (Å²) < 4.78 is 9.84. The number of rotatable bonds is 8. The molecule has 0 spiro atoms. The Labute approximate surface area is 144 Å². The molecule has 1 aliphatic heterocycles. The lowest BCUT2D eigenvalue weighted by Crippen LogP contribution is -2.61. The SMILES string of the molecule is CC(CO)[C@H]1NC(=O)[C@@H]1CCOC(=O)OCc1ccc([N+](=O)[O-])cc1. The van der Waals surface area contributed by atoms with Gasteiger partial charge in [-0.1, -0.05) is 6.92 Å². The number of carbonyl (C=O) groups excluding carboxylic acids is 2. The average molecular weight is 352 g/mol. The van der Waals surface area contributed by atoms with E-state index in [4.69, 9.17) is 14.6 Å². The van der Waals surface area contributed by atoms with E-state index in [9.17, 15) is 19.7 Å². The fourth-order valence-electron chi connectivity index (χ4n) is 2.57. The number of β-lactam (4-membered cyclic amide) rings is 1. The van der Waals surface area contributed by atoms with Crippen LogP contribution in [0.4, 0.5) is 10.5 Å². The van der Waals surface area contributed by atoms with Crippen molar-refractivity contribution in [3.05, 3.63) is 39.9 Å². The van der Waals surface area contributed by atoms with Gasteiger partial charge in [-0.15, -0.1) is 0 Å². The van der Waals surface area contributed by atoms with Crippen molar-refractivity contribution < 1.29 is 29.1 Å². The van der Waals surface area contributed by atoms with Crippen LogP contribution in [0.3, 0.4) is 0 Å². The van der Waals surface area contributed by atoms with Crippen molar-refractivity contribution in [2.75, 3.05) is 13.2 Å². The minimum absolute atomic E-state index is 0.0282. The molecule has 2 N–H and O–H groups in total. The average Bonchev–Trinajstić information content (AvgIpc) is 2.61. The van der Waals surface area contributed by atoms with Crippen LogP contribution in [0.15, 0.2) is 24.3 Å². The number of hydrogen-bond acceptors (Lipinski definition) is 7. The number of hydrogen-bond donors (Lipinski definition) is 2. The molecule has 3 atom stereocenters. The van der Waals surface area contributed by atoms with Crippen molar-refractivity contribution in [3.8, 4) is 0 Å². The second kappa shape index (κ2) is 8.43. The van der Waals surface area contributed by atoms with Crippen molar-refractivity contribution >= 4 is 17.7 Å². The van der Waals surface area contributed by atoms with Crippen LogP contribution in [0.1, 0.15) is 18.9 Å². The largest absolute Gasteiger partial charge is 0.508 e. The van der Waals surface area contributed by atoms with E-state index in [1.165, 1.54) is 24.3 Å². The number of non-ortho nitro benzene ring substituents is 1. The Bertz CT molecular complexity index is 632. The zero-order valence-electron chi connectivity index (χ0n) is 13.7. The number of amides is 1. The highest BCUT2D eigenvalue weighted by molar-refractivity contribution is 5.85. The Balaban J connectivity index is 1.68. The van der Waals surface area contributed by atoms with E-state index in [0.717, 1.165) is 0 Å². The Morgan fingerprint density at radius 3 is 2.60 bits per heavy atom. The molecule has 1 saturated heterocycles. The summed E-state index contributed by atoms with van der Waals surface area (Å²) in [6, 6.07) is 5.51. The van der Waals surface area contributed by atoms with E-state index in [1.54, 1.807) is 0 Å². The van der Waals surface area contributed by atoms with Gasteiger partial charge in [-0.2, -0.15) is 0 Å². The number of aliphatic hydroxyl groups excluding tert-OH is 1. The molecule has 1 aliphatic rings. The van der Waals surface area contributed by atoms with Gasteiger partial charge in [0.1, 0.15) is 6.61 Å². The van der Waals surface area contributed by atoms with Gasteiger partial charge in [0.25, 0.3) is 5.69 Å². The third kappa shape index (κ3) is 4.90. The van der Waals surface area contributed by atoms with Crippen molar-refractivity contribution in [3.63, 3.8) is 0 Å². The normalized spacial score (nSPS) is 20.2. The van der Waals surface area contributed by atoms with E-state index in [1.807, 2.05) is 6.92 Å². The first-order chi connectivity index (χ1) is 11.9. The summed E-state index contributed by atoms with van der Waals surface area (Å²) in [6.07, 6.45) is -0.516. The van der Waals surface area contributed by atoms with Crippen LogP contribution >= 0.6 is 0 Å². The highest BCUT2D eigenvalue weighted by Crippen LogP contribution is 2.25. The molecule has 0 radical (unpaired) electrons. The van der Waals surface area contributed by atoms with E-state index in [2.05, 4.69) is 5.32 Å². The first kappa shape index (κ1) is 18.7. The minimum atomic E-state index is -0.871. The third-order valence-electron chi connectivity index (χ3n) is 4.13. The van der Waals surface area contributed by atoms with Crippen LogP contribution in [-0.4, -0.2) is 41.3 Å². The molecular weight excluding hydrogens is 332 g/mol. The summed E-state index contributed by atoms with van der Waals surface area (Å²) in [5.74, 6) is -0.463. The maximum absolute atomic E-state index is 11.5. The summed E-state index contributed by atoms with van der Waals surface area (Å²) in [4.78, 5) is 33.1. The van der Waals surface area contributed by atoms with Gasteiger partial charge >= 0.3 is 6.16 Å². The molecule has 1 aromatic carbocycles. The molecule has 0 saturated carbocycles. The molecule has 0 bridgehead atoms. The maximum Gasteiger partial charge on any atom is 0.508 e. The van der Waals surface area contributed by atoms with Gasteiger partial charge in [0.15, 0.2) is 0 Å². The van der Waals surface area contributed by atoms with Crippen LogP contribution in [0, 0.1) is 22.0 Å². The lowest BCUT2D eigenvalue weighted by Gasteiger charge is -2.40. The quantitative estimate of drug-likeness (QED) is 0.313. The van der Waals surface area contributed by atoms with Crippen LogP contribution < -0.4 is 5.32 Å². The number of nitrogens with zero attached hydrogens (tertiary/aromatic N) is 1. The molecule has 1 fully saturated rings. The minimum Gasteiger partial charge on any atom is -0.434 e. The smallest absolute Gasteiger partial charge is 0.434 e. The van der Waals surface area contributed by atoms with E-state index in [0.29, 0.717) is 12.0 Å². The summed E-state index contributed by atoms with van der Waals surface area (Å²) in [5, 5.41) is 22.4. The third-order valence-corrected chi connectivity index (χ3v) is 4.13. The maximum atomic E-state index is 11.5. The van der Waals surface area contributed by atoms with Gasteiger partial charge < -0.3 is 19.9 Å². The number of nitro groups is 1. The fourth-order valence-corrected chi connectivity index (χ4v) is 2.57. The van der Waals surface area contributed by atoms with Crippen LogP contribution in [-0.2, 0) is 20.9 Å². The second-order valence-corrected chi connectivity index (χ2v) is 5.90. The Morgan fingerprint density at radius 2 is 2.04 bits per heavy atom. The monoisotopic (exact) mass is 352 g/mol. The molecule has 0 aromatic heterocycles. The number of benzene rings is 1. The predicted molar refractivity (Wildman–Crippen MR) is 85.5 cm³/mol. The highest BCUT2D eigenvalue weighted by atomic mass is 16.7. The molecule has 2 rings (SSSR count). The van der Waals surface area contributed by atoms with E-state index < -0.39 is 11.1 Å². The van der Waals surface area contributed by atoms with Crippen molar-refractivity contribution in [2.45, 2.75) is 26.0 Å². The van der Waals surface area contributed by atoms with Crippen molar-refractivity contribution in [2.24, 2.45) is 11.8 Å². The van der Waals surface area contributed by atoms with Crippen LogP contribution in [0.5, 0.6) is 0 Å². The first-order valence-corrected chi connectivity index (χ1v) is 7.86. The molecule has 1 amide bonds. The molecular formula is C16H20N2O7. The standard InChI is InChI=1S/C16H20N2O7/c1-10(8-19)14-13(15(20)17-14)6-7-24-16(21)25-9-11-2-4-12(5-3-11)18(22)23/h2-5,10,13-14,19H,6-9H2,1H3,(H,17,20)/t10?,13-,14-/m1/s1. The second-order valence-electron chi connectivity index (χ2n) is 5.90.